The molecule has 0 saturated heterocycles. The Morgan fingerprint density at radius 2 is 2.10 bits per heavy atom. The van der Waals surface area contributed by atoms with Crippen LogP contribution in [-0.2, 0) is 0 Å². The largest absolute Gasteiger partial charge is 0.478 e. The van der Waals surface area contributed by atoms with E-state index in [0.717, 1.165) is 11.1 Å². The summed E-state index contributed by atoms with van der Waals surface area (Å²) in [4.78, 5) is 15.2. The second-order valence-corrected chi connectivity index (χ2v) is 4.33. The summed E-state index contributed by atoms with van der Waals surface area (Å²) in [7, 11) is 0. The summed E-state index contributed by atoms with van der Waals surface area (Å²) < 4.78 is 5.54. The maximum absolute atomic E-state index is 11.2. The van der Waals surface area contributed by atoms with E-state index in [9.17, 15) is 4.79 Å². The molecule has 1 aromatic heterocycles. The van der Waals surface area contributed by atoms with Crippen molar-refractivity contribution in [1.82, 2.24) is 4.98 Å². The maximum atomic E-state index is 11.2. The van der Waals surface area contributed by atoms with Gasteiger partial charge in [0.15, 0.2) is 0 Å². The normalized spacial score (nSPS) is 9.85. The third kappa shape index (κ3) is 2.59. The molecular weight excluding hydrogens is 256 g/mol. The van der Waals surface area contributed by atoms with Crippen LogP contribution in [0, 0.1) is 25.2 Å². The summed E-state index contributed by atoms with van der Waals surface area (Å²) in [6.07, 6.45) is 1.52. The van der Waals surface area contributed by atoms with E-state index in [0.29, 0.717) is 5.56 Å². The monoisotopic (exact) mass is 268 g/mol. The van der Waals surface area contributed by atoms with Crippen LogP contribution >= 0.6 is 0 Å². The van der Waals surface area contributed by atoms with Crippen molar-refractivity contribution in [3.63, 3.8) is 0 Å². The number of nitriles is 1. The van der Waals surface area contributed by atoms with E-state index >= 15 is 0 Å². The number of aromatic carboxylic acids is 1. The van der Waals surface area contributed by atoms with E-state index < -0.39 is 5.97 Å². The number of rotatable bonds is 3. The van der Waals surface area contributed by atoms with Gasteiger partial charge in [-0.05, 0) is 43.2 Å². The van der Waals surface area contributed by atoms with E-state index in [2.05, 4.69) is 4.98 Å². The Labute approximate surface area is 116 Å². The van der Waals surface area contributed by atoms with Crippen LogP contribution in [0.15, 0.2) is 30.5 Å². The number of benzene rings is 1. The first-order chi connectivity index (χ1) is 9.52. The van der Waals surface area contributed by atoms with E-state index in [-0.39, 0.29) is 17.2 Å². The summed E-state index contributed by atoms with van der Waals surface area (Å²) in [5.74, 6) is -0.807. The SMILES string of the molecule is Cc1ccc(C(=O)O)c(Oc2nccc(C)c2C#N)c1. The molecule has 1 heterocycles. The number of carbonyl (C=O) groups is 1. The molecule has 20 heavy (non-hydrogen) atoms. The molecule has 1 aromatic carbocycles. The van der Waals surface area contributed by atoms with Crippen LogP contribution in [0.1, 0.15) is 27.0 Å². The number of aryl methyl sites for hydroxylation is 2. The lowest BCUT2D eigenvalue weighted by atomic mass is 10.1. The van der Waals surface area contributed by atoms with Gasteiger partial charge in [-0.1, -0.05) is 6.07 Å². The minimum Gasteiger partial charge on any atom is -0.478 e. The molecule has 0 atom stereocenters. The van der Waals surface area contributed by atoms with E-state index in [1.807, 2.05) is 13.0 Å². The molecule has 0 aliphatic heterocycles. The molecule has 0 aliphatic rings. The number of ether oxygens (including phenoxy) is 1. The molecule has 2 aromatic rings. The van der Waals surface area contributed by atoms with Gasteiger partial charge in [0.05, 0.1) is 0 Å². The molecule has 5 heteroatoms. The first-order valence-corrected chi connectivity index (χ1v) is 5.90. The molecule has 0 unspecified atom stereocenters. The fraction of sp³-hybridized carbons (Fsp3) is 0.133. The Hall–Kier alpha value is -2.87. The zero-order valence-electron chi connectivity index (χ0n) is 11.0. The zero-order chi connectivity index (χ0) is 14.7. The molecule has 2 rings (SSSR count). The minimum atomic E-state index is -1.09. The Bertz CT molecular complexity index is 718. The summed E-state index contributed by atoms with van der Waals surface area (Å²) >= 11 is 0. The summed E-state index contributed by atoms with van der Waals surface area (Å²) in [5.41, 5.74) is 1.91. The lowest BCUT2D eigenvalue weighted by Crippen LogP contribution is -2.02. The number of carboxylic acid groups (broad SMARTS) is 1. The number of hydrogen-bond donors (Lipinski definition) is 1. The van der Waals surface area contributed by atoms with Crippen LogP contribution in [0.5, 0.6) is 11.6 Å². The second-order valence-electron chi connectivity index (χ2n) is 4.33. The molecular formula is C15H12N2O3. The van der Waals surface area contributed by atoms with Gasteiger partial charge in [0.1, 0.15) is 22.9 Å². The van der Waals surface area contributed by atoms with Crippen LogP contribution in [-0.4, -0.2) is 16.1 Å². The van der Waals surface area contributed by atoms with Gasteiger partial charge in [0.25, 0.3) is 0 Å². The molecule has 0 fully saturated rings. The first-order valence-electron chi connectivity index (χ1n) is 5.90. The van der Waals surface area contributed by atoms with Crippen molar-refractivity contribution in [2.75, 3.05) is 0 Å². The summed E-state index contributed by atoms with van der Waals surface area (Å²) in [6, 6.07) is 8.47. The van der Waals surface area contributed by atoms with Crippen LogP contribution in [0.25, 0.3) is 0 Å². The van der Waals surface area contributed by atoms with E-state index in [1.165, 1.54) is 12.3 Å². The van der Waals surface area contributed by atoms with Crippen molar-refractivity contribution < 1.29 is 14.6 Å². The molecule has 0 aliphatic carbocycles. The average molecular weight is 268 g/mol. The van der Waals surface area contributed by atoms with Gasteiger partial charge < -0.3 is 9.84 Å². The highest BCUT2D eigenvalue weighted by Crippen LogP contribution is 2.28. The third-order valence-electron chi connectivity index (χ3n) is 2.81. The van der Waals surface area contributed by atoms with Crippen LogP contribution in [0.3, 0.4) is 0 Å². The Morgan fingerprint density at radius 1 is 1.35 bits per heavy atom. The highest BCUT2D eigenvalue weighted by molar-refractivity contribution is 5.91. The van der Waals surface area contributed by atoms with Gasteiger partial charge in [-0.25, -0.2) is 9.78 Å². The quantitative estimate of drug-likeness (QED) is 0.924. The average Bonchev–Trinajstić information content (AvgIpc) is 2.38. The fourth-order valence-electron chi connectivity index (χ4n) is 1.74. The molecule has 0 amide bonds. The Kier molecular flexibility index (Phi) is 3.67. The second kappa shape index (κ2) is 5.41. The van der Waals surface area contributed by atoms with Crippen LogP contribution in [0.4, 0.5) is 0 Å². The van der Waals surface area contributed by atoms with Gasteiger partial charge in [0, 0.05) is 6.20 Å². The van der Waals surface area contributed by atoms with Crippen molar-refractivity contribution in [2.45, 2.75) is 13.8 Å². The molecule has 0 spiro atoms. The Morgan fingerprint density at radius 3 is 2.75 bits per heavy atom. The number of hydrogen-bond acceptors (Lipinski definition) is 4. The van der Waals surface area contributed by atoms with Crippen molar-refractivity contribution in [1.29, 1.82) is 5.26 Å². The number of pyridine rings is 1. The predicted molar refractivity (Wildman–Crippen MR) is 71.9 cm³/mol. The van der Waals surface area contributed by atoms with Crippen molar-refractivity contribution in [2.24, 2.45) is 0 Å². The van der Waals surface area contributed by atoms with Crippen molar-refractivity contribution in [3.05, 3.63) is 52.7 Å². The van der Waals surface area contributed by atoms with Gasteiger partial charge in [-0.3, -0.25) is 0 Å². The molecule has 100 valence electrons. The standard InChI is InChI=1S/C15H12N2O3/c1-9-3-4-11(15(18)19)13(7-9)20-14-12(8-16)10(2)5-6-17-14/h3-7H,1-2H3,(H,18,19). The zero-order valence-corrected chi connectivity index (χ0v) is 11.0. The van der Waals surface area contributed by atoms with Crippen LogP contribution in [0.2, 0.25) is 0 Å². The van der Waals surface area contributed by atoms with E-state index in [1.54, 1.807) is 25.1 Å². The van der Waals surface area contributed by atoms with E-state index in [4.69, 9.17) is 15.1 Å². The highest BCUT2D eigenvalue weighted by atomic mass is 16.5. The fourth-order valence-corrected chi connectivity index (χ4v) is 1.74. The predicted octanol–water partition coefficient (Wildman–Crippen LogP) is 3.06. The van der Waals surface area contributed by atoms with Crippen molar-refractivity contribution >= 4 is 5.97 Å². The molecule has 5 nitrogen and oxygen atoms in total. The smallest absolute Gasteiger partial charge is 0.339 e. The van der Waals surface area contributed by atoms with Crippen molar-refractivity contribution in [3.8, 4) is 17.7 Å². The number of aromatic nitrogens is 1. The van der Waals surface area contributed by atoms with Gasteiger partial charge in [-0.2, -0.15) is 5.26 Å². The third-order valence-corrected chi connectivity index (χ3v) is 2.81. The van der Waals surface area contributed by atoms with Gasteiger partial charge in [0.2, 0.25) is 5.88 Å². The van der Waals surface area contributed by atoms with Gasteiger partial charge in [-0.15, -0.1) is 0 Å². The maximum Gasteiger partial charge on any atom is 0.339 e. The van der Waals surface area contributed by atoms with Gasteiger partial charge >= 0.3 is 5.97 Å². The first kappa shape index (κ1) is 13.6. The summed E-state index contributed by atoms with van der Waals surface area (Å²) in [5, 5.41) is 18.3. The molecule has 0 saturated carbocycles. The van der Waals surface area contributed by atoms with Crippen LogP contribution < -0.4 is 4.74 Å². The molecule has 0 radical (unpaired) electrons. The number of nitrogens with zero attached hydrogens (tertiary/aromatic N) is 2. The lowest BCUT2D eigenvalue weighted by molar-refractivity contribution is 0.0694. The Balaban J connectivity index is 2.51. The minimum absolute atomic E-state index is 0.0304. The topological polar surface area (TPSA) is 83.2 Å². The number of carboxylic acids is 1. The molecule has 0 bridgehead atoms. The highest BCUT2D eigenvalue weighted by Gasteiger charge is 2.15. The molecule has 1 N–H and O–H groups in total. The summed E-state index contributed by atoms with van der Waals surface area (Å²) in [6.45, 7) is 3.59. The lowest BCUT2D eigenvalue weighted by Gasteiger charge is -2.10.